The summed E-state index contributed by atoms with van der Waals surface area (Å²) in [4.78, 5) is 10.1. The van der Waals surface area contributed by atoms with E-state index in [1.54, 1.807) is 24.3 Å². The molecule has 0 unspecified atom stereocenters. The lowest BCUT2D eigenvalue weighted by Crippen LogP contribution is -1.85. The fraction of sp³-hybridized carbons (Fsp3) is 0. The Morgan fingerprint density at radius 3 is 2.45 bits per heavy atom. The third-order valence-electron chi connectivity index (χ3n) is 3.18. The van der Waals surface area contributed by atoms with Crippen LogP contribution >= 0.6 is 0 Å². The van der Waals surface area contributed by atoms with E-state index < -0.39 is 4.92 Å². The number of benzene rings is 3. The number of fused-ring (bicyclic) bond motifs is 1. The van der Waals surface area contributed by atoms with Crippen molar-refractivity contribution in [1.82, 2.24) is 0 Å². The predicted octanol–water partition coefficient (Wildman–Crippen LogP) is 4.87. The van der Waals surface area contributed by atoms with E-state index in [4.69, 9.17) is 0 Å². The van der Waals surface area contributed by atoms with Crippen LogP contribution in [0.4, 0.5) is 17.1 Å². The normalized spacial score (nSPS) is 11.1. The predicted molar refractivity (Wildman–Crippen MR) is 82.9 cm³/mol. The molecule has 3 aromatic rings. The first kappa shape index (κ1) is 13.7. The molecule has 3 aromatic carbocycles. The summed E-state index contributed by atoms with van der Waals surface area (Å²) in [6.45, 7) is 0. The fourth-order valence-corrected chi connectivity index (χ4v) is 2.08. The van der Waals surface area contributed by atoms with Gasteiger partial charge in [-0.15, -0.1) is 5.11 Å². The molecule has 0 fully saturated rings. The number of rotatable bonds is 3. The van der Waals surface area contributed by atoms with Crippen LogP contribution in [-0.4, -0.2) is 10.0 Å². The van der Waals surface area contributed by atoms with Crippen molar-refractivity contribution in [2.75, 3.05) is 0 Å². The summed E-state index contributed by atoms with van der Waals surface area (Å²) in [5.41, 5.74) is 1.14. The summed E-state index contributed by atoms with van der Waals surface area (Å²) in [5.74, 6) is 0.158. The van der Waals surface area contributed by atoms with Gasteiger partial charge in [0.15, 0.2) is 0 Å². The Hall–Kier alpha value is -3.28. The zero-order valence-corrected chi connectivity index (χ0v) is 11.4. The molecule has 6 nitrogen and oxygen atoms in total. The van der Waals surface area contributed by atoms with Crippen LogP contribution in [0.15, 0.2) is 70.9 Å². The summed E-state index contributed by atoms with van der Waals surface area (Å²) in [6, 6.07) is 16.4. The maximum absolute atomic E-state index is 10.6. The van der Waals surface area contributed by atoms with Gasteiger partial charge < -0.3 is 5.11 Å². The van der Waals surface area contributed by atoms with Crippen molar-refractivity contribution in [1.29, 1.82) is 0 Å². The van der Waals surface area contributed by atoms with Gasteiger partial charge in [-0.3, -0.25) is 10.1 Å². The first-order valence-electron chi connectivity index (χ1n) is 6.51. The van der Waals surface area contributed by atoms with Gasteiger partial charge in [0.2, 0.25) is 0 Å². The molecule has 0 bridgehead atoms. The number of hydrogen-bond acceptors (Lipinski definition) is 5. The molecule has 0 saturated carbocycles. The van der Waals surface area contributed by atoms with Crippen LogP contribution in [0.5, 0.6) is 5.75 Å². The highest BCUT2D eigenvalue weighted by atomic mass is 16.6. The molecule has 0 spiro atoms. The van der Waals surface area contributed by atoms with Crippen molar-refractivity contribution < 1.29 is 10.0 Å². The smallest absolute Gasteiger partial charge is 0.269 e. The van der Waals surface area contributed by atoms with Crippen molar-refractivity contribution >= 4 is 27.8 Å². The first-order chi connectivity index (χ1) is 10.6. The van der Waals surface area contributed by atoms with Gasteiger partial charge >= 0.3 is 0 Å². The van der Waals surface area contributed by atoms with Crippen molar-refractivity contribution in [3.63, 3.8) is 0 Å². The van der Waals surface area contributed by atoms with Gasteiger partial charge in [0.05, 0.1) is 16.3 Å². The highest BCUT2D eigenvalue weighted by molar-refractivity contribution is 5.93. The molecule has 22 heavy (non-hydrogen) atoms. The lowest BCUT2D eigenvalue weighted by atomic mass is 10.1. The number of aromatic hydroxyl groups is 1. The summed E-state index contributed by atoms with van der Waals surface area (Å²) in [7, 11) is 0. The van der Waals surface area contributed by atoms with Crippen LogP contribution in [0, 0.1) is 10.1 Å². The Bertz CT molecular complexity index is 873. The molecule has 6 heteroatoms. The molecule has 0 heterocycles. The van der Waals surface area contributed by atoms with Crippen LogP contribution in [0.1, 0.15) is 0 Å². The molecule has 0 radical (unpaired) electrons. The number of phenolic OH excluding ortho intramolecular Hbond substituents is 1. The number of phenols is 1. The van der Waals surface area contributed by atoms with Crippen LogP contribution in [-0.2, 0) is 0 Å². The highest BCUT2D eigenvalue weighted by Gasteiger charge is 2.04. The summed E-state index contributed by atoms with van der Waals surface area (Å²) >= 11 is 0. The largest absolute Gasteiger partial charge is 0.508 e. The van der Waals surface area contributed by atoms with E-state index in [0.29, 0.717) is 11.4 Å². The number of non-ortho nitro benzene ring substituents is 1. The molecule has 0 atom stereocenters. The molecular formula is C16H11N3O3. The molecule has 0 aliphatic rings. The van der Waals surface area contributed by atoms with Gasteiger partial charge in [-0.25, -0.2) is 0 Å². The molecule has 3 rings (SSSR count). The Balaban J connectivity index is 1.95. The third-order valence-corrected chi connectivity index (χ3v) is 3.18. The molecule has 1 N–H and O–H groups in total. The second kappa shape index (κ2) is 5.61. The SMILES string of the molecule is O=[N+]([O-])c1ccc(N=Nc2cccc3ccc(O)cc23)cc1. The lowest BCUT2D eigenvalue weighted by Gasteiger charge is -2.01. The molecular weight excluding hydrogens is 282 g/mol. The molecule has 0 amide bonds. The zero-order chi connectivity index (χ0) is 15.5. The van der Waals surface area contributed by atoms with Gasteiger partial charge in [0.1, 0.15) is 5.75 Å². The zero-order valence-electron chi connectivity index (χ0n) is 11.4. The van der Waals surface area contributed by atoms with E-state index in [0.717, 1.165) is 10.8 Å². The fourth-order valence-electron chi connectivity index (χ4n) is 2.08. The molecule has 0 saturated heterocycles. The van der Waals surface area contributed by atoms with Crippen LogP contribution in [0.3, 0.4) is 0 Å². The van der Waals surface area contributed by atoms with Crippen molar-refractivity contribution in [2.24, 2.45) is 10.2 Å². The van der Waals surface area contributed by atoms with Gasteiger partial charge in [0, 0.05) is 17.5 Å². The summed E-state index contributed by atoms with van der Waals surface area (Å²) < 4.78 is 0. The number of nitro benzene ring substituents is 1. The first-order valence-corrected chi connectivity index (χ1v) is 6.51. The van der Waals surface area contributed by atoms with Crippen LogP contribution in [0.2, 0.25) is 0 Å². The van der Waals surface area contributed by atoms with Gasteiger partial charge in [-0.2, -0.15) is 5.11 Å². The molecule has 0 aromatic heterocycles. The second-order valence-electron chi connectivity index (χ2n) is 4.66. The maximum atomic E-state index is 10.6. The summed E-state index contributed by atoms with van der Waals surface area (Å²) in [5, 5.41) is 30.2. The third kappa shape index (κ3) is 2.76. The van der Waals surface area contributed by atoms with Gasteiger partial charge in [-0.1, -0.05) is 18.2 Å². The standard InChI is InChI=1S/C16H11N3O3/c20-14-9-4-11-2-1-3-16(15(11)10-14)18-17-12-5-7-13(8-6-12)19(21)22/h1-10,20H. The quantitative estimate of drug-likeness (QED) is 0.424. The van der Waals surface area contributed by atoms with E-state index in [9.17, 15) is 15.2 Å². The minimum absolute atomic E-state index is 0.00836. The maximum Gasteiger partial charge on any atom is 0.269 e. The number of azo groups is 1. The Morgan fingerprint density at radius 1 is 0.955 bits per heavy atom. The lowest BCUT2D eigenvalue weighted by molar-refractivity contribution is -0.384. The average molecular weight is 293 g/mol. The number of hydrogen-bond donors (Lipinski definition) is 1. The van der Waals surface area contributed by atoms with Crippen LogP contribution < -0.4 is 0 Å². The molecule has 108 valence electrons. The van der Waals surface area contributed by atoms with E-state index in [1.807, 2.05) is 12.1 Å². The Kier molecular flexibility index (Phi) is 3.49. The van der Waals surface area contributed by atoms with Crippen LogP contribution in [0.25, 0.3) is 10.8 Å². The minimum Gasteiger partial charge on any atom is -0.508 e. The topological polar surface area (TPSA) is 88.1 Å². The number of nitro groups is 1. The summed E-state index contributed by atoms with van der Waals surface area (Å²) in [6.07, 6.45) is 0. The van der Waals surface area contributed by atoms with E-state index in [2.05, 4.69) is 10.2 Å². The molecule has 0 aliphatic carbocycles. The molecule has 0 aliphatic heterocycles. The Morgan fingerprint density at radius 2 is 1.73 bits per heavy atom. The van der Waals surface area contributed by atoms with Crippen molar-refractivity contribution in [3.8, 4) is 5.75 Å². The average Bonchev–Trinajstić information content (AvgIpc) is 2.53. The Labute approximate surface area is 125 Å². The minimum atomic E-state index is -0.464. The highest BCUT2D eigenvalue weighted by Crippen LogP contribution is 2.30. The number of nitrogens with zero attached hydrogens (tertiary/aromatic N) is 3. The van der Waals surface area contributed by atoms with Crippen molar-refractivity contribution in [3.05, 3.63) is 70.8 Å². The second-order valence-corrected chi connectivity index (χ2v) is 4.66. The van der Waals surface area contributed by atoms with E-state index in [-0.39, 0.29) is 11.4 Å². The van der Waals surface area contributed by atoms with Gasteiger partial charge in [0.25, 0.3) is 5.69 Å². The van der Waals surface area contributed by atoms with E-state index >= 15 is 0 Å². The monoisotopic (exact) mass is 293 g/mol. The van der Waals surface area contributed by atoms with Crippen molar-refractivity contribution in [2.45, 2.75) is 0 Å². The van der Waals surface area contributed by atoms with Gasteiger partial charge in [-0.05, 0) is 35.7 Å². The van der Waals surface area contributed by atoms with E-state index in [1.165, 1.54) is 24.3 Å².